The molecule has 0 spiro atoms. The molecule has 114 valence electrons. The quantitative estimate of drug-likeness (QED) is 0.579. The molecule has 0 saturated carbocycles. The van der Waals surface area contributed by atoms with Crippen molar-refractivity contribution in [1.82, 2.24) is 15.6 Å². The number of amides is 2. The lowest BCUT2D eigenvalue weighted by Crippen LogP contribution is -2.31. The van der Waals surface area contributed by atoms with E-state index in [2.05, 4.69) is 20.5 Å². The minimum atomic E-state index is -0.0956. The van der Waals surface area contributed by atoms with Gasteiger partial charge in [0.05, 0.1) is 0 Å². The number of piperidine rings is 1. The highest BCUT2D eigenvalue weighted by Crippen LogP contribution is 2.18. The minimum absolute atomic E-state index is 0.0956. The molecule has 0 bridgehead atoms. The summed E-state index contributed by atoms with van der Waals surface area (Å²) < 4.78 is 0. The van der Waals surface area contributed by atoms with Crippen LogP contribution in [0.5, 0.6) is 0 Å². The smallest absolute Gasteiger partial charge is 0.251 e. The second-order valence-corrected chi connectivity index (χ2v) is 5.13. The second-order valence-electron chi connectivity index (χ2n) is 5.13. The van der Waals surface area contributed by atoms with Crippen molar-refractivity contribution >= 4 is 18.1 Å². The molecule has 2 N–H and O–H groups in total. The molecule has 21 heavy (non-hydrogen) atoms. The van der Waals surface area contributed by atoms with Crippen molar-refractivity contribution in [3.8, 4) is 0 Å². The van der Waals surface area contributed by atoms with Crippen LogP contribution < -0.4 is 15.5 Å². The van der Waals surface area contributed by atoms with Crippen molar-refractivity contribution in [3.05, 3.63) is 23.9 Å². The van der Waals surface area contributed by atoms with E-state index in [1.807, 2.05) is 6.07 Å². The molecular weight excluding hydrogens is 268 g/mol. The third-order valence-corrected chi connectivity index (χ3v) is 3.55. The molecule has 6 nitrogen and oxygen atoms in total. The molecule has 2 heterocycles. The average molecular weight is 290 g/mol. The van der Waals surface area contributed by atoms with Gasteiger partial charge < -0.3 is 15.5 Å². The maximum absolute atomic E-state index is 12.1. The first-order valence-corrected chi connectivity index (χ1v) is 7.47. The number of anilines is 1. The summed E-state index contributed by atoms with van der Waals surface area (Å²) in [7, 11) is 0. The van der Waals surface area contributed by atoms with Crippen LogP contribution in [0.2, 0.25) is 0 Å². The highest BCUT2D eigenvalue weighted by atomic mass is 16.1. The van der Waals surface area contributed by atoms with Gasteiger partial charge in [-0.2, -0.15) is 0 Å². The van der Waals surface area contributed by atoms with E-state index in [4.69, 9.17) is 0 Å². The van der Waals surface area contributed by atoms with Crippen LogP contribution in [-0.2, 0) is 4.79 Å². The van der Waals surface area contributed by atoms with E-state index in [-0.39, 0.29) is 5.91 Å². The van der Waals surface area contributed by atoms with Crippen LogP contribution in [0.1, 0.15) is 36.0 Å². The van der Waals surface area contributed by atoms with Crippen LogP contribution in [0.25, 0.3) is 0 Å². The lowest BCUT2D eigenvalue weighted by Gasteiger charge is -2.27. The largest absolute Gasteiger partial charge is 0.359 e. The topological polar surface area (TPSA) is 74.3 Å². The van der Waals surface area contributed by atoms with Crippen molar-refractivity contribution in [2.75, 3.05) is 31.1 Å². The van der Waals surface area contributed by atoms with E-state index in [0.29, 0.717) is 31.5 Å². The summed E-state index contributed by atoms with van der Waals surface area (Å²) in [5.41, 5.74) is 0.633. The van der Waals surface area contributed by atoms with E-state index in [9.17, 15) is 9.59 Å². The van der Waals surface area contributed by atoms with Gasteiger partial charge in [-0.3, -0.25) is 9.59 Å². The minimum Gasteiger partial charge on any atom is -0.359 e. The summed E-state index contributed by atoms with van der Waals surface area (Å²) in [6.07, 6.45) is 6.70. The Labute approximate surface area is 124 Å². The van der Waals surface area contributed by atoms with Crippen molar-refractivity contribution in [2.24, 2.45) is 0 Å². The van der Waals surface area contributed by atoms with Crippen LogP contribution in [0, 0.1) is 0 Å². The summed E-state index contributed by atoms with van der Waals surface area (Å²) in [6, 6.07) is 3.58. The fourth-order valence-corrected chi connectivity index (χ4v) is 2.41. The van der Waals surface area contributed by atoms with Crippen molar-refractivity contribution in [2.45, 2.75) is 25.7 Å². The zero-order valence-electron chi connectivity index (χ0n) is 12.2. The molecule has 6 heteroatoms. The fraction of sp³-hybridized carbons (Fsp3) is 0.533. The van der Waals surface area contributed by atoms with E-state index in [0.717, 1.165) is 18.9 Å². The first-order chi connectivity index (χ1) is 10.3. The van der Waals surface area contributed by atoms with E-state index in [1.54, 1.807) is 12.3 Å². The SMILES string of the molecule is O=CNCCCNC(=O)c1ccnc(N2CCCCC2)c1. The lowest BCUT2D eigenvalue weighted by molar-refractivity contribution is -0.109. The number of carbonyl (C=O) groups excluding carboxylic acids is 2. The van der Waals surface area contributed by atoms with Gasteiger partial charge in [-0.1, -0.05) is 0 Å². The maximum Gasteiger partial charge on any atom is 0.251 e. The number of pyridine rings is 1. The molecule has 2 rings (SSSR count). The zero-order valence-corrected chi connectivity index (χ0v) is 12.2. The Balaban J connectivity index is 1.87. The zero-order chi connectivity index (χ0) is 14.9. The molecule has 1 aromatic rings. The van der Waals surface area contributed by atoms with Gasteiger partial charge in [0.25, 0.3) is 5.91 Å². The van der Waals surface area contributed by atoms with Crippen LogP contribution in [0.3, 0.4) is 0 Å². The Morgan fingerprint density at radius 2 is 2.10 bits per heavy atom. The third-order valence-electron chi connectivity index (χ3n) is 3.55. The van der Waals surface area contributed by atoms with Crippen LogP contribution in [0.15, 0.2) is 18.3 Å². The van der Waals surface area contributed by atoms with E-state index >= 15 is 0 Å². The summed E-state index contributed by atoms with van der Waals surface area (Å²) in [5.74, 6) is 0.784. The Bertz CT molecular complexity index is 472. The van der Waals surface area contributed by atoms with Gasteiger partial charge >= 0.3 is 0 Å². The summed E-state index contributed by atoms with van der Waals surface area (Å²) in [6.45, 7) is 3.13. The summed E-state index contributed by atoms with van der Waals surface area (Å²) >= 11 is 0. The molecule has 1 fully saturated rings. The predicted molar refractivity (Wildman–Crippen MR) is 81.3 cm³/mol. The van der Waals surface area contributed by atoms with Gasteiger partial charge in [-0.15, -0.1) is 0 Å². The van der Waals surface area contributed by atoms with Gasteiger partial charge in [-0.05, 0) is 37.8 Å². The predicted octanol–water partition coefficient (Wildman–Crippen LogP) is 0.938. The molecule has 1 saturated heterocycles. The van der Waals surface area contributed by atoms with Gasteiger partial charge in [0, 0.05) is 37.9 Å². The molecular formula is C15H22N4O2. The number of nitrogens with one attached hydrogen (secondary N) is 2. The first-order valence-electron chi connectivity index (χ1n) is 7.47. The van der Waals surface area contributed by atoms with E-state index in [1.165, 1.54) is 19.3 Å². The molecule has 0 aliphatic carbocycles. The van der Waals surface area contributed by atoms with Gasteiger partial charge in [0.15, 0.2) is 0 Å². The Kier molecular flexibility index (Phi) is 5.99. The summed E-state index contributed by atoms with van der Waals surface area (Å²) in [5, 5.41) is 5.41. The van der Waals surface area contributed by atoms with Crippen molar-refractivity contribution in [3.63, 3.8) is 0 Å². The number of hydrogen-bond acceptors (Lipinski definition) is 4. The second kappa shape index (κ2) is 8.24. The lowest BCUT2D eigenvalue weighted by atomic mass is 10.1. The molecule has 0 atom stereocenters. The molecule has 0 aromatic carbocycles. The monoisotopic (exact) mass is 290 g/mol. The number of carbonyl (C=O) groups is 2. The Hall–Kier alpha value is -2.11. The molecule has 1 aliphatic heterocycles. The number of rotatable bonds is 7. The highest BCUT2D eigenvalue weighted by Gasteiger charge is 2.14. The average Bonchev–Trinajstić information content (AvgIpc) is 2.55. The maximum atomic E-state index is 12.1. The highest BCUT2D eigenvalue weighted by molar-refractivity contribution is 5.94. The van der Waals surface area contributed by atoms with Crippen LogP contribution >= 0.6 is 0 Å². The van der Waals surface area contributed by atoms with Crippen LogP contribution in [-0.4, -0.2) is 43.5 Å². The first kappa shape index (κ1) is 15.3. The standard InChI is InChI=1S/C15H22N4O2/c20-12-16-6-4-7-18-15(21)13-5-8-17-14(11-13)19-9-2-1-3-10-19/h5,8,11-12H,1-4,6-7,9-10H2,(H,16,20)(H,18,21). The third kappa shape index (κ3) is 4.73. The van der Waals surface area contributed by atoms with E-state index < -0.39 is 0 Å². The molecule has 2 amide bonds. The number of hydrogen-bond donors (Lipinski definition) is 2. The van der Waals surface area contributed by atoms with Gasteiger partial charge in [0.2, 0.25) is 6.41 Å². The van der Waals surface area contributed by atoms with Crippen molar-refractivity contribution in [1.29, 1.82) is 0 Å². The molecule has 0 unspecified atom stereocenters. The molecule has 1 aromatic heterocycles. The number of aromatic nitrogens is 1. The Morgan fingerprint density at radius 3 is 2.86 bits per heavy atom. The molecule has 0 radical (unpaired) electrons. The molecule has 1 aliphatic rings. The normalized spacial score (nSPS) is 14.6. The number of nitrogens with zero attached hydrogens (tertiary/aromatic N) is 2. The summed E-state index contributed by atoms with van der Waals surface area (Å²) in [4.78, 5) is 28.8. The van der Waals surface area contributed by atoms with Crippen molar-refractivity contribution < 1.29 is 9.59 Å². The fourth-order valence-electron chi connectivity index (χ4n) is 2.41. The Morgan fingerprint density at radius 1 is 1.29 bits per heavy atom. The van der Waals surface area contributed by atoms with Gasteiger partial charge in [0.1, 0.15) is 5.82 Å². The van der Waals surface area contributed by atoms with Crippen LogP contribution in [0.4, 0.5) is 5.82 Å². The van der Waals surface area contributed by atoms with Gasteiger partial charge in [-0.25, -0.2) is 4.98 Å².